The molecule has 1 saturated heterocycles. The number of rotatable bonds is 1. The van der Waals surface area contributed by atoms with Crippen molar-refractivity contribution in [3.63, 3.8) is 0 Å². The molecule has 1 atom stereocenters. The summed E-state index contributed by atoms with van der Waals surface area (Å²) in [4.78, 5) is 0. The van der Waals surface area contributed by atoms with Crippen LogP contribution in [0.3, 0.4) is 0 Å². The first-order valence-electron chi connectivity index (χ1n) is 4.89. The second-order valence-corrected chi connectivity index (χ2v) is 4.19. The molecule has 1 aliphatic heterocycles. The molecule has 0 bridgehead atoms. The molecule has 2 heteroatoms. The Hall–Kier alpha value is -1.28. The third-order valence-electron chi connectivity index (χ3n) is 3.04. The van der Waals surface area contributed by atoms with Gasteiger partial charge < -0.3 is 9.30 Å². The van der Waals surface area contributed by atoms with E-state index < -0.39 is 0 Å². The predicted octanol–water partition coefficient (Wildman–Crippen LogP) is 2.42. The van der Waals surface area contributed by atoms with Gasteiger partial charge in [0, 0.05) is 29.7 Å². The maximum atomic E-state index is 5.49. The smallest absolute Gasteiger partial charge is 0.116 e. The lowest BCUT2D eigenvalue weighted by Gasteiger charge is -2.01. The summed E-state index contributed by atoms with van der Waals surface area (Å²) in [5, 5.41) is 1.31. The first-order chi connectivity index (χ1) is 6.71. The van der Waals surface area contributed by atoms with Crippen molar-refractivity contribution in [1.29, 1.82) is 0 Å². The van der Waals surface area contributed by atoms with Gasteiger partial charge in [0.15, 0.2) is 0 Å². The molecular weight excluding hydrogens is 174 g/mol. The van der Waals surface area contributed by atoms with E-state index in [2.05, 4.69) is 49.0 Å². The Morgan fingerprint density at radius 1 is 1.36 bits per heavy atom. The largest absolute Gasteiger partial charge is 0.365 e. The molecule has 1 aromatic carbocycles. The maximum Gasteiger partial charge on any atom is 0.116 e. The molecule has 0 aliphatic carbocycles. The van der Waals surface area contributed by atoms with Crippen LogP contribution in [0.5, 0.6) is 0 Å². The molecule has 0 spiro atoms. The van der Waals surface area contributed by atoms with Gasteiger partial charge in [-0.25, -0.2) is 0 Å². The van der Waals surface area contributed by atoms with Crippen molar-refractivity contribution in [2.24, 2.45) is 7.05 Å². The van der Waals surface area contributed by atoms with Crippen LogP contribution >= 0.6 is 0 Å². The molecule has 0 amide bonds. The highest BCUT2D eigenvalue weighted by Crippen LogP contribution is 2.41. The van der Waals surface area contributed by atoms with Crippen LogP contribution in [0, 0.1) is 0 Å². The summed E-state index contributed by atoms with van der Waals surface area (Å²) in [7, 11) is 2.08. The highest BCUT2D eigenvalue weighted by molar-refractivity contribution is 5.85. The second-order valence-electron chi connectivity index (χ2n) is 4.19. The van der Waals surface area contributed by atoms with Gasteiger partial charge in [0.25, 0.3) is 0 Å². The Morgan fingerprint density at radius 2 is 2.07 bits per heavy atom. The van der Waals surface area contributed by atoms with Crippen LogP contribution in [0.15, 0.2) is 30.5 Å². The molecule has 1 fully saturated rings. The third kappa shape index (κ3) is 0.946. The number of benzene rings is 1. The van der Waals surface area contributed by atoms with Gasteiger partial charge in [0.1, 0.15) is 5.60 Å². The van der Waals surface area contributed by atoms with Crippen LogP contribution in [0.25, 0.3) is 10.9 Å². The number of aryl methyl sites for hydroxylation is 1. The molecule has 14 heavy (non-hydrogen) atoms. The SMILES string of the molecule is Cn1cc(C2(C)CO2)c2ccccc21. The van der Waals surface area contributed by atoms with Crippen molar-refractivity contribution >= 4 is 10.9 Å². The lowest BCUT2D eigenvalue weighted by Crippen LogP contribution is -2.00. The summed E-state index contributed by atoms with van der Waals surface area (Å²) < 4.78 is 7.65. The Morgan fingerprint density at radius 3 is 2.79 bits per heavy atom. The lowest BCUT2D eigenvalue weighted by atomic mass is 10.0. The molecule has 1 unspecified atom stereocenters. The van der Waals surface area contributed by atoms with E-state index in [0.717, 1.165) is 6.61 Å². The summed E-state index contributed by atoms with van der Waals surface area (Å²) in [5.41, 5.74) is 2.57. The average molecular weight is 187 g/mol. The van der Waals surface area contributed by atoms with Crippen LogP contribution in [0.2, 0.25) is 0 Å². The zero-order valence-electron chi connectivity index (χ0n) is 8.45. The van der Waals surface area contributed by atoms with Crippen LogP contribution in [-0.4, -0.2) is 11.2 Å². The summed E-state index contributed by atoms with van der Waals surface area (Å²) in [6.07, 6.45) is 2.18. The van der Waals surface area contributed by atoms with Crippen molar-refractivity contribution < 1.29 is 4.74 Å². The molecule has 0 saturated carbocycles. The fourth-order valence-corrected chi connectivity index (χ4v) is 2.03. The van der Waals surface area contributed by atoms with E-state index in [1.807, 2.05) is 0 Å². The number of fused-ring (bicyclic) bond motifs is 1. The second kappa shape index (κ2) is 2.39. The van der Waals surface area contributed by atoms with E-state index in [-0.39, 0.29) is 5.60 Å². The van der Waals surface area contributed by atoms with E-state index in [1.165, 1.54) is 16.5 Å². The molecule has 72 valence electrons. The molecule has 2 heterocycles. The average Bonchev–Trinajstić information content (AvgIpc) is 2.84. The Labute approximate surface area is 83.1 Å². The van der Waals surface area contributed by atoms with Crippen LogP contribution in [-0.2, 0) is 17.4 Å². The van der Waals surface area contributed by atoms with Gasteiger partial charge in [0.05, 0.1) is 6.61 Å². The number of aromatic nitrogens is 1. The first kappa shape index (κ1) is 8.06. The van der Waals surface area contributed by atoms with Gasteiger partial charge in [0.2, 0.25) is 0 Å². The molecule has 2 aromatic rings. The fourth-order valence-electron chi connectivity index (χ4n) is 2.03. The van der Waals surface area contributed by atoms with Crippen LogP contribution in [0.4, 0.5) is 0 Å². The van der Waals surface area contributed by atoms with Crippen molar-refractivity contribution in [3.05, 3.63) is 36.0 Å². The van der Waals surface area contributed by atoms with E-state index in [1.54, 1.807) is 0 Å². The summed E-state index contributed by atoms with van der Waals surface area (Å²) in [5.74, 6) is 0. The first-order valence-corrected chi connectivity index (χ1v) is 4.89. The molecule has 0 radical (unpaired) electrons. The highest BCUT2D eigenvalue weighted by Gasteiger charge is 2.43. The van der Waals surface area contributed by atoms with E-state index in [0.29, 0.717) is 0 Å². The maximum absolute atomic E-state index is 5.49. The summed E-state index contributed by atoms with van der Waals surface area (Å²) >= 11 is 0. The topological polar surface area (TPSA) is 17.5 Å². The van der Waals surface area contributed by atoms with Gasteiger partial charge in [-0.05, 0) is 13.0 Å². The number of hydrogen-bond donors (Lipinski definition) is 0. The normalized spacial score (nSPS) is 25.6. The minimum Gasteiger partial charge on any atom is -0.365 e. The minimum absolute atomic E-state index is 0.0269. The Bertz CT molecular complexity index is 494. The van der Waals surface area contributed by atoms with Gasteiger partial charge in [-0.1, -0.05) is 18.2 Å². The fraction of sp³-hybridized carbons (Fsp3) is 0.333. The molecule has 1 aromatic heterocycles. The van der Waals surface area contributed by atoms with E-state index >= 15 is 0 Å². The molecule has 0 N–H and O–H groups in total. The molecule has 1 aliphatic rings. The van der Waals surface area contributed by atoms with Crippen molar-refractivity contribution in [3.8, 4) is 0 Å². The summed E-state index contributed by atoms with van der Waals surface area (Å²) in [6.45, 7) is 3.00. The number of nitrogens with zero attached hydrogens (tertiary/aromatic N) is 1. The predicted molar refractivity (Wildman–Crippen MR) is 56.2 cm³/mol. The Kier molecular flexibility index (Phi) is 1.38. The van der Waals surface area contributed by atoms with Crippen LogP contribution < -0.4 is 0 Å². The number of ether oxygens (including phenoxy) is 1. The van der Waals surface area contributed by atoms with E-state index in [4.69, 9.17) is 4.74 Å². The lowest BCUT2D eigenvalue weighted by molar-refractivity contribution is 0.331. The van der Waals surface area contributed by atoms with E-state index in [9.17, 15) is 0 Å². The molecule has 2 nitrogen and oxygen atoms in total. The number of epoxide rings is 1. The van der Waals surface area contributed by atoms with Gasteiger partial charge in [-0.2, -0.15) is 0 Å². The monoisotopic (exact) mass is 187 g/mol. The van der Waals surface area contributed by atoms with Crippen molar-refractivity contribution in [2.45, 2.75) is 12.5 Å². The third-order valence-corrected chi connectivity index (χ3v) is 3.04. The van der Waals surface area contributed by atoms with Crippen molar-refractivity contribution in [1.82, 2.24) is 4.57 Å². The molecule has 3 rings (SSSR count). The zero-order valence-corrected chi connectivity index (χ0v) is 8.45. The molecular formula is C12H13NO. The number of hydrogen-bond acceptors (Lipinski definition) is 1. The minimum atomic E-state index is -0.0269. The van der Waals surface area contributed by atoms with Gasteiger partial charge in [-0.3, -0.25) is 0 Å². The summed E-state index contributed by atoms with van der Waals surface area (Å²) in [6, 6.07) is 8.46. The van der Waals surface area contributed by atoms with Crippen LogP contribution in [0.1, 0.15) is 12.5 Å². The zero-order chi connectivity index (χ0) is 9.76. The Balaban J connectivity index is 2.34. The standard InChI is InChI=1S/C12H13NO/c1-12(8-14-12)10-7-13(2)11-6-4-3-5-9(10)11/h3-7H,8H2,1-2H3. The van der Waals surface area contributed by atoms with Gasteiger partial charge in [-0.15, -0.1) is 0 Å². The van der Waals surface area contributed by atoms with Gasteiger partial charge >= 0.3 is 0 Å². The quantitative estimate of drug-likeness (QED) is 0.627. The highest BCUT2D eigenvalue weighted by atomic mass is 16.6. The number of para-hydroxylation sites is 1. The van der Waals surface area contributed by atoms with Crippen molar-refractivity contribution in [2.75, 3.05) is 6.61 Å².